The summed E-state index contributed by atoms with van der Waals surface area (Å²) in [4.78, 5) is 2.19. The van der Waals surface area contributed by atoms with E-state index >= 15 is 0 Å². The van der Waals surface area contributed by atoms with Crippen molar-refractivity contribution in [2.75, 3.05) is 20.6 Å². The van der Waals surface area contributed by atoms with Crippen molar-refractivity contribution in [3.8, 4) is 0 Å². The molecular formula is C9H20N2. The van der Waals surface area contributed by atoms with Gasteiger partial charge in [0.2, 0.25) is 0 Å². The fourth-order valence-electron chi connectivity index (χ4n) is 2.14. The minimum Gasteiger partial charge on any atom is -0.324 e. The van der Waals surface area contributed by atoms with Gasteiger partial charge in [0.25, 0.3) is 0 Å². The number of rotatable bonds is 3. The molecule has 1 aliphatic rings. The molecule has 0 saturated heterocycles. The minimum atomic E-state index is 0.143. The van der Waals surface area contributed by atoms with E-state index in [-0.39, 0.29) is 5.54 Å². The molecule has 0 aromatic heterocycles. The molecule has 2 nitrogen and oxygen atoms in total. The monoisotopic (exact) mass is 156 g/mol. The lowest BCUT2D eigenvalue weighted by Crippen LogP contribution is -2.57. The van der Waals surface area contributed by atoms with Crippen LogP contribution in [0.15, 0.2) is 0 Å². The lowest BCUT2D eigenvalue weighted by atomic mass is 9.67. The maximum Gasteiger partial charge on any atom is 0.0288 e. The van der Waals surface area contributed by atoms with Crippen LogP contribution < -0.4 is 5.73 Å². The molecule has 2 N–H and O–H groups in total. The molecule has 0 atom stereocenters. The smallest absolute Gasteiger partial charge is 0.0288 e. The first-order valence-corrected chi connectivity index (χ1v) is 4.49. The highest BCUT2D eigenvalue weighted by molar-refractivity contribution is 4.99. The summed E-state index contributed by atoms with van der Waals surface area (Å²) in [5.41, 5.74) is 6.27. The number of hydrogen-bond donors (Lipinski definition) is 1. The summed E-state index contributed by atoms with van der Waals surface area (Å²) in [7, 11) is 4.18. The summed E-state index contributed by atoms with van der Waals surface area (Å²) in [5, 5.41) is 0. The Morgan fingerprint density at radius 1 is 1.45 bits per heavy atom. The number of likely N-dealkylation sites (N-methyl/N-ethyl adjacent to an activating group) is 1. The molecule has 0 spiro atoms. The van der Waals surface area contributed by atoms with Gasteiger partial charge < -0.3 is 10.6 Å². The summed E-state index contributed by atoms with van der Waals surface area (Å²) in [5.74, 6) is 0.903. The van der Waals surface area contributed by atoms with Gasteiger partial charge in [-0.2, -0.15) is 0 Å². The van der Waals surface area contributed by atoms with E-state index in [1.807, 2.05) is 0 Å². The summed E-state index contributed by atoms with van der Waals surface area (Å²) >= 11 is 0. The molecular weight excluding hydrogens is 136 g/mol. The Morgan fingerprint density at radius 3 is 2.36 bits per heavy atom. The highest BCUT2D eigenvalue weighted by Crippen LogP contribution is 2.37. The second kappa shape index (κ2) is 3.11. The van der Waals surface area contributed by atoms with Gasteiger partial charge in [-0.05, 0) is 32.9 Å². The zero-order chi connectivity index (χ0) is 8.48. The van der Waals surface area contributed by atoms with Gasteiger partial charge in [-0.25, -0.2) is 0 Å². The van der Waals surface area contributed by atoms with Crippen LogP contribution in [-0.4, -0.2) is 31.1 Å². The van der Waals surface area contributed by atoms with Crippen LogP contribution in [0.2, 0.25) is 0 Å². The second-order valence-electron chi connectivity index (χ2n) is 4.28. The third-order valence-corrected chi connectivity index (χ3v) is 2.60. The SMILES string of the molecule is CCC1CC(N)(CN(C)C)C1. The summed E-state index contributed by atoms with van der Waals surface area (Å²) in [6.07, 6.45) is 3.75. The fourth-order valence-corrected chi connectivity index (χ4v) is 2.14. The molecule has 0 aliphatic heterocycles. The maximum absolute atomic E-state index is 6.13. The number of nitrogens with two attached hydrogens (primary N) is 1. The van der Waals surface area contributed by atoms with E-state index in [0.717, 1.165) is 12.5 Å². The molecule has 11 heavy (non-hydrogen) atoms. The van der Waals surface area contributed by atoms with Crippen molar-refractivity contribution in [2.24, 2.45) is 11.7 Å². The molecule has 0 aromatic rings. The largest absolute Gasteiger partial charge is 0.324 e. The average molecular weight is 156 g/mol. The molecule has 1 aliphatic carbocycles. The fraction of sp³-hybridized carbons (Fsp3) is 1.00. The van der Waals surface area contributed by atoms with Gasteiger partial charge in [-0.15, -0.1) is 0 Å². The first-order valence-electron chi connectivity index (χ1n) is 4.49. The van der Waals surface area contributed by atoms with Crippen LogP contribution in [0.3, 0.4) is 0 Å². The first-order chi connectivity index (χ1) is 5.06. The summed E-state index contributed by atoms with van der Waals surface area (Å²) < 4.78 is 0. The van der Waals surface area contributed by atoms with Crippen molar-refractivity contribution in [3.63, 3.8) is 0 Å². The lowest BCUT2D eigenvalue weighted by molar-refractivity contribution is 0.109. The Hall–Kier alpha value is -0.0800. The minimum absolute atomic E-state index is 0.143. The average Bonchev–Trinajstić information content (AvgIpc) is 1.80. The van der Waals surface area contributed by atoms with Crippen molar-refractivity contribution in [2.45, 2.75) is 31.7 Å². The van der Waals surface area contributed by atoms with Crippen LogP contribution >= 0.6 is 0 Å². The second-order valence-corrected chi connectivity index (χ2v) is 4.28. The standard InChI is InChI=1S/C9H20N2/c1-4-8-5-9(10,6-8)7-11(2)3/h8H,4-7,10H2,1-3H3. The van der Waals surface area contributed by atoms with Crippen LogP contribution in [0, 0.1) is 5.92 Å². The van der Waals surface area contributed by atoms with Crippen LogP contribution in [0.1, 0.15) is 26.2 Å². The van der Waals surface area contributed by atoms with E-state index in [4.69, 9.17) is 5.73 Å². The van der Waals surface area contributed by atoms with Crippen LogP contribution in [0.4, 0.5) is 0 Å². The van der Waals surface area contributed by atoms with Gasteiger partial charge in [-0.3, -0.25) is 0 Å². The summed E-state index contributed by atoms with van der Waals surface area (Å²) in [6, 6.07) is 0. The molecule has 0 bridgehead atoms. The van der Waals surface area contributed by atoms with Gasteiger partial charge in [0.05, 0.1) is 0 Å². The highest BCUT2D eigenvalue weighted by atomic mass is 15.1. The highest BCUT2D eigenvalue weighted by Gasteiger charge is 2.39. The van der Waals surface area contributed by atoms with Crippen LogP contribution in [0.5, 0.6) is 0 Å². The topological polar surface area (TPSA) is 29.3 Å². The molecule has 0 aromatic carbocycles. The first kappa shape index (κ1) is 9.01. The molecule has 0 heterocycles. The zero-order valence-electron chi connectivity index (χ0n) is 7.93. The van der Waals surface area contributed by atoms with E-state index in [2.05, 4.69) is 25.9 Å². The molecule has 66 valence electrons. The van der Waals surface area contributed by atoms with Crippen molar-refractivity contribution in [1.82, 2.24) is 4.90 Å². The van der Waals surface area contributed by atoms with E-state index < -0.39 is 0 Å². The molecule has 0 amide bonds. The van der Waals surface area contributed by atoms with Crippen LogP contribution in [0.25, 0.3) is 0 Å². The third-order valence-electron chi connectivity index (χ3n) is 2.60. The van der Waals surface area contributed by atoms with Crippen molar-refractivity contribution >= 4 is 0 Å². The Balaban J connectivity index is 2.25. The predicted molar refractivity (Wildman–Crippen MR) is 48.5 cm³/mol. The van der Waals surface area contributed by atoms with E-state index in [1.165, 1.54) is 19.3 Å². The van der Waals surface area contributed by atoms with E-state index in [0.29, 0.717) is 0 Å². The van der Waals surface area contributed by atoms with E-state index in [9.17, 15) is 0 Å². The van der Waals surface area contributed by atoms with Gasteiger partial charge in [0.1, 0.15) is 0 Å². The molecule has 0 unspecified atom stereocenters. The molecule has 0 radical (unpaired) electrons. The number of nitrogens with zero attached hydrogens (tertiary/aromatic N) is 1. The molecule has 1 fully saturated rings. The number of hydrogen-bond acceptors (Lipinski definition) is 2. The Kier molecular flexibility index (Phi) is 2.55. The normalized spacial score (nSPS) is 37.4. The van der Waals surface area contributed by atoms with Crippen molar-refractivity contribution in [3.05, 3.63) is 0 Å². The molecule has 1 rings (SSSR count). The van der Waals surface area contributed by atoms with Crippen molar-refractivity contribution < 1.29 is 0 Å². The Morgan fingerprint density at radius 2 is 2.00 bits per heavy atom. The summed E-state index contributed by atoms with van der Waals surface area (Å²) in [6.45, 7) is 3.30. The quantitative estimate of drug-likeness (QED) is 0.662. The Labute approximate surface area is 69.8 Å². The lowest BCUT2D eigenvalue weighted by Gasteiger charge is -2.46. The van der Waals surface area contributed by atoms with Gasteiger partial charge in [-0.1, -0.05) is 13.3 Å². The maximum atomic E-state index is 6.13. The van der Waals surface area contributed by atoms with Gasteiger partial charge in [0.15, 0.2) is 0 Å². The third kappa shape index (κ3) is 2.17. The predicted octanol–water partition coefficient (Wildman–Crippen LogP) is 1.07. The zero-order valence-corrected chi connectivity index (χ0v) is 7.93. The van der Waals surface area contributed by atoms with Gasteiger partial charge >= 0.3 is 0 Å². The molecule has 1 saturated carbocycles. The molecule has 2 heteroatoms. The van der Waals surface area contributed by atoms with Crippen molar-refractivity contribution in [1.29, 1.82) is 0 Å². The Bertz CT molecular complexity index is 126. The van der Waals surface area contributed by atoms with E-state index in [1.54, 1.807) is 0 Å². The van der Waals surface area contributed by atoms with Gasteiger partial charge in [0, 0.05) is 12.1 Å². The van der Waals surface area contributed by atoms with Crippen LogP contribution in [-0.2, 0) is 0 Å².